The van der Waals surface area contributed by atoms with Crippen molar-refractivity contribution in [2.24, 2.45) is 5.41 Å². The first kappa shape index (κ1) is 12.3. The van der Waals surface area contributed by atoms with Crippen LogP contribution in [0.2, 0.25) is 0 Å². The van der Waals surface area contributed by atoms with E-state index in [1.54, 1.807) is 0 Å². The van der Waals surface area contributed by atoms with Crippen molar-refractivity contribution in [3.8, 4) is 0 Å². The van der Waals surface area contributed by atoms with Gasteiger partial charge in [0.2, 0.25) is 0 Å². The fourth-order valence-corrected chi connectivity index (χ4v) is 3.86. The number of rotatable bonds is 4. The van der Waals surface area contributed by atoms with Crippen LogP contribution in [-0.4, -0.2) is 49.6 Å². The molecule has 0 saturated carbocycles. The molecule has 1 atom stereocenters. The third-order valence-corrected chi connectivity index (χ3v) is 4.36. The lowest BCUT2D eigenvalue weighted by atomic mass is 9.81. The smallest absolute Gasteiger partial charge is 0.0235 e. The van der Waals surface area contributed by atoms with E-state index < -0.39 is 0 Å². The van der Waals surface area contributed by atoms with Crippen molar-refractivity contribution in [3.63, 3.8) is 0 Å². The zero-order valence-electron chi connectivity index (χ0n) is 9.97. The second kappa shape index (κ2) is 5.38. The number of nitrogens with one attached hydrogen (secondary N) is 1. The van der Waals surface area contributed by atoms with Crippen LogP contribution < -0.4 is 5.32 Å². The first-order valence-corrected chi connectivity index (χ1v) is 6.66. The summed E-state index contributed by atoms with van der Waals surface area (Å²) in [6.07, 6.45) is 1.35. The normalized spacial score (nSPS) is 26.8. The maximum Gasteiger partial charge on any atom is 0.0235 e. The van der Waals surface area contributed by atoms with Gasteiger partial charge in [-0.2, -0.15) is 11.8 Å². The van der Waals surface area contributed by atoms with Gasteiger partial charge in [-0.05, 0) is 31.7 Å². The molecule has 84 valence electrons. The van der Waals surface area contributed by atoms with E-state index in [9.17, 15) is 0 Å². The average Bonchev–Trinajstić information content (AvgIpc) is 2.13. The molecule has 1 fully saturated rings. The predicted molar refractivity (Wildman–Crippen MR) is 66.1 cm³/mol. The molecule has 2 nitrogen and oxygen atoms in total. The van der Waals surface area contributed by atoms with Gasteiger partial charge in [-0.15, -0.1) is 0 Å². The Bertz CT molecular complexity index is 171. The Labute approximate surface area is 92.8 Å². The van der Waals surface area contributed by atoms with Crippen LogP contribution in [0.15, 0.2) is 0 Å². The number of hydrogen-bond donors (Lipinski definition) is 1. The van der Waals surface area contributed by atoms with Crippen molar-refractivity contribution < 1.29 is 0 Å². The highest BCUT2D eigenvalue weighted by molar-refractivity contribution is 7.99. The van der Waals surface area contributed by atoms with Crippen LogP contribution in [0.25, 0.3) is 0 Å². The molecule has 0 aromatic heterocycles. The molecule has 0 bridgehead atoms. The molecular weight excluding hydrogens is 192 g/mol. The average molecular weight is 216 g/mol. The summed E-state index contributed by atoms with van der Waals surface area (Å²) in [6, 6.07) is 0.745. The molecule has 1 aliphatic heterocycles. The fraction of sp³-hybridized carbons (Fsp3) is 1.00. The van der Waals surface area contributed by atoms with Crippen LogP contribution in [0.5, 0.6) is 0 Å². The summed E-state index contributed by atoms with van der Waals surface area (Å²) in [5.74, 6) is 2.64. The maximum atomic E-state index is 3.22. The minimum atomic E-state index is 0.494. The Morgan fingerprint density at radius 3 is 2.79 bits per heavy atom. The molecule has 0 radical (unpaired) electrons. The van der Waals surface area contributed by atoms with Gasteiger partial charge in [0.25, 0.3) is 0 Å². The van der Waals surface area contributed by atoms with E-state index in [1.807, 2.05) is 7.05 Å². The SMILES string of the molecule is CNCCN(C)C1CSCCC1(C)C. The molecule has 1 N–H and O–H groups in total. The first-order chi connectivity index (χ1) is 6.58. The van der Waals surface area contributed by atoms with Crippen molar-refractivity contribution in [3.05, 3.63) is 0 Å². The Morgan fingerprint density at radius 2 is 2.21 bits per heavy atom. The molecule has 0 amide bonds. The van der Waals surface area contributed by atoms with Gasteiger partial charge in [0, 0.05) is 24.9 Å². The van der Waals surface area contributed by atoms with Gasteiger partial charge in [0.05, 0.1) is 0 Å². The molecule has 0 spiro atoms. The summed E-state index contributed by atoms with van der Waals surface area (Å²) in [5, 5.41) is 3.22. The van der Waals surface area contributed by atoms with Crippen molar-refractivity contribution in [1.29, 1.82) is 0 Å². The molecule has 0 aromatic rings. The van der Waals surface area contributed by atoms with Crippen molar-refractivity contribution >= 4 is 11.8 Å². The van der Waals surface area contributed by atoms with E-state index in [2.05, 4.69) is 42.9 Å². The summed E-state index contributed by atoms with van der Waals surface area (Å²) in [4.78, 5) is 2.52. The largest absolute Gasteiger partial charge is 0.318 e. The van der Waals surface area contributed by atoms with Crippen molar-refractivity contribution in [1.82, 2.24) is 10.2 Å². The Morgan fingerprint density at radius 1 is 1.50 bits per heavy atom. The molecule has 1 unspecified atom stereocenters. The van der Waals surface area contributed by atoms with Crippen LogP contribution >= 0.6 is 11.8 Å². The molecule has 1 rings (SSSR count). The lowest BCUT2D eigenvalue weighted by Gasteiger charge is -2.43. The lowest BCUT2D eigenvalue weighted by molar-refractivity contribution is 0.123. The second-order valence-corrected chi connectivity index (χ2v) is 6.06. The zero-order valence-corrected chi connectivity index (χ0v) is 10.8. The molecule has 1 heterocycles. The quantitative estimate of drug-likeness (QED) is 0.769. The van der Waals surface area contributed by atoms with Crippen LogP contribution in [-0.2, 0) is 0 Å². The van der Waals surface area contributed by atoms with E-state index in [0.717, 1.165) is 19.1 Å². The van der Waals surface area contributed by atoms with Gasteiger partial charge in [-0.25, -0.2) is 0 Å². The fourth-order valence-electron chi connectivity index (χ4n) is 2.09. The van der Waals surface area contributed by atoms with Crippen molar-refractivity contribution in [2.75, 3.05) is 38.7 Å². The molecule has 1 aliphatic rings. The van der Waals surface area contributed by atoms with E-state index in [4.69, 9.17) is 0 Å². The third-order valence-electron chi connectivity index (χ3n) is 3.32. The van der Waals surface area contributed by atoms with Gasteiger partial charge >= 0.3 is 0 Å². The Kier molecular flexibility index (Phi) is 4.74. The van der Waals surface area contributed by atoms with Gasteiger partial charge in [-0.1, -0.05) is 13.8 Å². The maximum absolute atomic E-state index is 3.22. The Balaban J connectivity index is 2.46. The zero-order chi connectivity index (χ0) is 10.6. The molecule has 3 heteroatoms. The Hall–Kier alpha value is 0.270. The summed E-state index contributed by atoms with van der Waals surface area (Å²) in [6.45, 7) is 7.07. The van der Waals surface area contributed by atoms with Gasteiger partial charge in [0.15, 0.2) is 0 Å². The summed E-state index contributed by atoms with van der Waals surface area (Å²) in [5.41, 5.74) is 0.494. The van der Waals surface area contributed by atoms with Crippen LogP contribution in [0.4, 0.5) is 0 Å². The number of nitrogens with zero attached hydrogens (tertiary/aromatic N) is 1. The highest BCUT2D eigenvalue weighted by atomic mass is 32.2. The van der Waals surface area contributed by atoms with Gasteiger partial charge in [-0.3, -0.25) is 0 Å². The highest BCUT2D eigenvalue weighted by Gasteiger charge is 2.34. The monoisotopic (exact) mass is 216 g/mol. The minimum absolute atomic E-state index is 0.494. The number of thioether (sulfide) groups is 1. The van der Waals surface area contributed by atoms with Crippen molar-refractivity contribution in [2.45, 2.75) is 26.3 Å². The molecule has 1 saturated heterocycles. The topological polar surface area (TPSA) is 15.3 Å². The van der Waals surface area contributed by atoms with E-state index in [0.29, 0.717) is 5.41 Å². The molecule has 0 aromatic carbocycles. The van der Waals surface area contributed by atoms with Gasteiger partial charge < -0.3 is 10.2 Å². The minimum Gasteiger partial charge on any atom is -0.318 e. The third kappa shape index (κ3) is 3.14. The second-order valence-electron chi connectivity index (χ2n) is 4.91. The van der Waals surface area contributed by atoms with E-state index in [1.165, 1.54) is 17.9 Å². The van der Waals surface area contributed by atoms with Gasteiger partial charge in [0.1, 0.15) is 0 Å². The highest BCUT2D eigenvalue weighted by Crippen LogP contribution is 2.36. The molecular formula is C11H24N2S. The lowest BCUT2D eigenvalue weighted by Crippen LogP contribution is -2.49. The summed E-state index contributed by atoms with van der Waals surface area (Å²) in [7, 11) is 4.28. The van der Waals surface area contributed by atoms with Crippen LogP contribution in [0, 0.1) is 5.41 Å². The predicted octanol–water partition coefficient (Wildman–Crippen LogP) is 1.67. The first-order valence-electron chi connectivity index (χ1n) is 5.50. The molecule has 0 aliphatic carbocycles. The number of hydrogen-bond acceptors (Lipinski definition) is 3. The summed E-state index contributed by atoms with van der Waals surface area (Å²) >= 11 is 2.11. The summed E-state index contributed by atoms with van der Waals surface area (Å²) < 4.78 is 0. The van der Waals surface area contributed by atoms with E-state index in [-0.39, 0.29) is 0 Å². The standard InChI is InChI=1S/C11H24N2S/c1-11(2)5-8-14-9-10(11)13(4)7-6-12-3/h10,12H,5-9H2,1-4H3. The number of likely N-dealkylation sites (N-methyl/N-ethyl adjacent to an activating group) is 2. The van der Waals surface area contributed by atoms with Crippen LogP contribution in [0.1, 0.15) is 20.3 Å². The van der Waals surface area contributed by atoms with E-state index >= 15 is 0 Å². The molecule has 14 heavy (non-hydrogen) atoms. The van der Waals surface area contributed by atoms with Crippen LogP contribution in [0.3, 0.4) is 0 Å².